The van der Waals surface area contributed by atoms with E-state index in [0.717, 1.165) is 0 Å². The molecule has 1 aromatic carbocycles. The summed E-state index contributed by atoms with van der Waals surface area (Å²) in [6.07, 6.45) is 2.25. The average Bonchev–Trinajstić information content (AvgIpc) is 2.77. The summed E-state index contributed by atoms with van der Waals surface area (Å²) in [5.41, 5.74) is 0.820. The van der Waals surface area contributed by atoms with Gasteiger partial charge in [0.2, 0.25) is 0 Å². The van der Waals surface area contributed by atoms with Gasteiger partial charge in [0.15, 0.2) is 0 Å². The smallest absolute Gasteiger partial charge is 0.130 e. The van der Waals surface area contributed by atoms with Crippen molar-refractivity contribution in [3.8, 4) is 0 Å². The van der Waals surface area contributed by atoms with Crippen molar-refractivity contribution in [1.82, 2.24) is 9.78 Å². The molecule has 90 valence electrons. The van der Waals surface area contributed by atoms with Crippen LogP contribution in [0.5, 0.6) is 0 Å². The highest BCUT2D eigenvalue weighted by Crippen LogP contribution is 2.30. The number of nitrogens with zero attached hydrogens (tertiary/aromatic N) is 2. The third kappa shape index (κ3) is 2.40. The molecule has 1 N–H and O–H groups in total. The summed E-state index contributed by atoms with van der Waals surface area (Å²) in [5, 5.41) is 14.2. The Kier molecular flexibility index (Phi) is 3.59. The van der Waals surface area contributed by atoms with Crippen molar-refractivity contribution < 1.29 is 9.50 Å². The minimum absolute atomic E-state index is 0.239. The minimum atomic E-state index is -1.01. The van der Waals surface area contributed by atoms with Crippen molar-refractivity contribution in [1.29, 1.82) is 0 Å². The highest BCUT2D eigenvalue weighted by molar-refractivity contribution is 9.10. The van der Waals surface area contributed by atoms with Crippen molar-refractivity contribution in [2.24, 2.45) is 0 Å². The zero-order chi connectivity index (χ0) is 12.4. The van der Waals surface area contributed by atoms with Crippen LogP contribution in [0.1, 0.15) is 24.2 Å². The number of aliphatic hydroxyl groups is 1. The Morgan fingerprint density at radius 2 is 2.29 bits per heavy atom. The summed E-state index contributed by atoms with van der Waals surface area (Å²) in [6, 6.07) is 4.62. The van der Waals surface area contributed by atoms with Gasteiger partial charge in [-0.3, -0.25) is 4.68 Å². The summed E-state index contributed by atoms with van der Waals surface area (Å²) >= 11 is 3.24. The molecule has 0 amide bonds. The van der Waals surface area contributed by atoms with Crippen LogP contribution < -0.4 is 0 Å². The first-order chi connectivity index (χ1) is 8.13. The highest BCUT2D eigenvalue weighted by atomic mass is 79.9. The van der Waals surface area contributed by atoms with Crippen LogP contribution in [0, 0.1) is 5.82 Å². The third-order valence-corrected chi connectivity index (χ3v) is 3.26. The molecule has 3 nitrogen and oxygen atoms in total. The van der Waals surface area contributed by atoms with E-state index in [4.69, 9.17) is 0 Å². The van der Waals surface area contributed by atoms with Gasteiger partial charge in [0.1, 0.15) is 11.9 Å². The van der Waals surface area contributed by atoms with E-state index in [1.54, 1.807) is 29.2 Å². The van der Waals surface area contributed by atoms with Crippen LogP contribution in [0.2, 0.25) is 0 Å². The van der Waals surface area contributed by atoms with Crippen LogP contribution >= 0.6 is 15.9 Å². The molecule has 0 saturated heterocycles. The van der Waals surface area contributed by atoms with Gasteiger partial charge in [0, 0.05) is 28.3 Å². The second-order valence-electron chi connectivity index (χ2n) is 3.67. The fraction of sp³-hybridized carbons (Fsp3) is 0.250. The molecule has 1 unspecified atom stereocenters. The molecule has 0 aliphatic heterocycles. The molecular weight excluding hydrogens is 287 g/mol. The summed E-state index contributed by atoms with van der Waals surface area (Å²) in [6.45, 7) is 2.66. The van der Waals surface area contributed by atoms with Crippen molar-refractivity contribution >= 4 is 15.9 Å². The molecule has 1 heterocycles. The molecule has 0 spiro atoms. The number of benzene rings is 1. The molecule has 5 heteroatoms. The molecule has 17 heavy (non-hydrogen) atoms. The average molecular weight is 299 g/mol. The molecular formula is C12H12BrFN2O. The SMILES string of the molecule is CCn1cc(C(O)c2c(F)cccc2Br)cn1. The lowest BCUT2D eigenvalue weighted by Crippen LogP contribution is -2.03. The summed E-state index contributed by atoms with van der Waals surface area (Å²) in [5.74, 6) is -0.434. The Balaban J connectivity index is 2.39. The molecule has 2 aromatic rings. The van der Waals surface area contributed by atoms with Crippen molar-refractivity contribution in [2.45, 2.75) is 19.6 Å². The molecule has 0 aliphatic carbocycles. The standard InChI is InChI=1S/C12H12BrFN2O/c1-2-16-7-8(6-15-16)12(17)11-9(13)4-3-5-10(11)14/h3-7,12,17H,2H2,1H3. The van der Waals surface area contributed by atoms with Gasteiger partial charge in [0.25, 0.3) is 0 Å². The van der Waals surface area contributed by atoms with Gasteiger partial charge in [-0.15, -0.1) is 0 Å². The first kappa shape index (κ1) is 12.3. The fourth-order valence-corrected chi connectivity index (χ4v) is 2.19. The van der Waals surface area contributed by atoms with Gasteiger partial charge in [-0.05, 0) is 19.1 Å². The van der Waals surface area contributed by atoms with Crippen molar-refractivity contribution in [3.63, 3.8) is 0 Å². The lowest BCUT2D eigenvalue weighted by atomic mass is 10.0. The van der Waals surface area contributed by atoms with Crippen LogP contribution in [0.3, 0.4) is 0 Å². The predicted molar refractivity (Wildman–Crippen MR) is 66.1 cm³/mol. The van der Waals surface area contributed by atoms with Crippen molar-refractivity contribution in [2.75, 3.05) is 0 Å². The van der Waals surface area contributed by atoms with Gasteiger partial charge in [0.05, 0.1) is 6.20 Å². The van der Waals surface area contributed by atoms with Crippen LogP contribution in [0.25, 0.3) is 0 Å². The molecule has 0 aliphatic rings. The first-order valence-corrected chi connectivity index (χ1v) is 6.07. The Morgan fingerprint density at radius 3 is 2.88 bits per heavy atom. The monoisotopic (exact) mass is 298 g/mol. The van der Waals surface area contributed by atoms with Crippen LogP contribution in [0.4, 0.5) is 4.39 Å². The number of rotatable bonds is 3. The Bertz CT molecular complexity index is 507. The van der Waals surface area contributed by atoms with Gasteiger partial charge < -0.3 is 5.11 Å². The Labute approximate surface area is 107 Å². The van der Waals surface area contributed by atoms with Crippen molar-refractivity contribution in [3.05, 3.63) is 52.0 Å². The quantitative estimate of drug-likeness (QED) is 0.946. The van der Waals surface area contributed by atoms with E-state index in [-0.39, 0.29) is 5.56 Å². The lowest BCUT2D eigenvalue weighted by Gasteiger charge is -2.11. The van der Waals surface area contributed by atoms with Gasteiger partial charge in [-0.2, -0.15) is 5.10 Å². The van der Waals surface area contributed by atoms with E-state index >= 15 is 0 Å². The van der Waals surface area contributed by atoms with Crippen LogP contribution in [-0.4, -0.2) is 14.9 Å². The van der Waals surface area contributed by atoms with E-state index in [1.807, 2.05) is 6.92 Å². The van der Waals surface area contributed by atoms with Gasteiger partial charge >= 0.3 is 0 Å². The molecule has 1 atom stereocenters. The summed E-state index contributed by atoms with van der Waals surface area (Å²) < 4.78 is 15.9. The number of aryl methyl sites for hydroxylation is 1. The van der Waals surface area contributed by atoms with E-state index in [0.29, 0.717) is 16.6 Å². The lowest BCUT2D eigenvalue weighted by molar-refractivity contribution is 0.214. The minimum Gasteiger partial charge on any atom is -0.383 e. The number of hydrogen-bond donors (Lipinski definition) is 1. The molecule has 2 rings (SSSR count). The Hall–Kier alpha value is -1.20. The number of aromatic nitrogens is 2. The molecule has 0 bridgehead atoms. The number of aliphatic hydroxyl groups excluding tert-OH is 1. The molecule has 0 radical (unpaired) electrons. The number of halogens is 2. The maximum absolute atomic E-state index is 13.7. The maximum Gasteiger partial charge on any atom is 0.130 e. The van der Waals surface area contributed by atoms with Crippen LogP contribution in [0.15, 0.2) is 35.1 Å². The predicted octanol–water partition coefficient (Wildman–Crippen LogP) is 2.89. The summed E-state index contributed by atoms with van der Waals surface area (Å²) in [4.78, 5) is 0. The summed E-state index contributed by atoms with van der Waals surface area (Å²) in [7, 11) is 0. The maximum atomic E-state index is 13.7. The largest absolute Gasteiger partial charge is 0.383 e. The molecule has 0 saturated carbocycles. The fourth-order valence-electron chi connectivity index (χ4n) is 1.63. The first-order valence-electron chi connectivity index (χ1n) is 5.27. The second kappa shape index (κ2) is 4.98. The number of hydrogen-bond acceptors (Lipinski definition) is 2. The zero-order valence-electron chi connectivity index (χ0n) is 9.27. The Morgan fingerprint density at radius 1 is 1.53 bits per heavy atom. The van der Waals surface area contributed by atoms with E-state index in [1.165, 1.54) is 6.07 Å². The second-order valence-corrected chi connectivity index (χ2v) is 4.52. The highest BCUT2D eigenvalue weighted by Gasteiger charge is 2.19. The normalized spacial score (nSPS) is 12.7. The van der Waals surface area contributed by atoms with E-state index < -0.39 is 11.9 Å². The van der Waals surface area contributed by atoms with Gasteiger partial charge in [-0.1, -0.05) is 22.0 Å². The zero-order valence-corrected chi connectivity index (χ0v) is 10.9. The third-order valence-electron chi connectivity index (χ3n) is 2.57. The van der Waals surface area contributed by atoms with E-state index in [9.17, 15) is 9.50 Å². The van der Waals surface area contributed by atoms with Gasteiger partial charge in [-0.25, -0.2) is 4.39 Å². The molecule has 1 aromatic heterocycles. The topological polar surface area (TPSA) is 38.0 Å². The van der Waals surface area contributed by atoms with Crippen LogP contribution in [-0.2, 0) is 6.54 Å². The van der Waals surface area contributed by atoms with E-state index in [2.05, 4.69) is 21.0 Å². The molecule has 0 fully saturated rings.